The van der Waals surface area contributed by atoms with Crippen molar-refractivity contribution in [1.82, 2.24) is 4.83 Å². The maximum Gasteiger partial charge on any atom is 0.234 e. The van der Waals surface area contributed by atoms with Gasteiger partial charge in [-0.1, -0.05) is 35.9 Å². The topological polar surface area (TPSA) is 72.2 Å². The maximum atomic E-state index is 11.5. The maximum absolute atomic E-state index is 11.5. The van der Waals surface area contributed by atoms with Gasteiger partial charge in [0.2, 0.25) is 10.0 Å². The zero-order chi connectivity index (χ0) is 11.5. The lowest BCUT2D eigenvalue weighted by atomic mass is 10.1. The highest BCUT2D eigenvalue weighted by molar-refractivity contribution is 7.89. The average molecular weight is 226 g/mol. The van der Waals surface area contributed by atoms with Crippen LogP contribution in [-0.2, 0) is 10.0 Å². The molecule has 1 atom stereocenters. The Bertz CT molecular complexity index is 437. The van der Waals surface area contributed by atoms with Gasteiger partial charge in [0.15, 0.2) is 0 Å². The molecular weight excluding hydrogens is 212 g/mol. The molecule has 0 radical (unpaired) electrons. The first-order valence-electron chi connectivity index (χ1n) is 4.41. The molecule has 5 heteroatoms. The Morgan fingerprint density at radius 3 is 2.33 bits per heavy atom. The van der Waals surface area contributed by atoms with Crippen LogP contribution in [0.1, 0.15) is 16.4 Å². The molecule has 0 aliphatic heterocycles. The van der Waals surface area contributed by atoms with Crippen LogP contribution in [0.4, 0.5) is 0 Å². The van der Waals surface area contributed by atoms with Crippen molar-refractivity contribution in [3.63, 3.8) is 0 Å². The molecule has 1 unspecified atom stereocenters. The van der Waals surface area contributed by atoms with Crippen LogP contribution in [0.2, 0.25) is 0 Å². The summed E-state index contributed by atoms with van der Waals surface area (Å²) in [6.45, 7) is 5.43. The van der Waals surface area contributed by atoms with Gasteiger partial charge < -0.3 is 0 Å². The first-order valence-corrected chi connectivity index (χ1v) is 5.96. The highest BCUT2D eigenvalue weighted by Crippen LogP contribution is 2.22. The smallest absolute Gasteiger partial charge is 0.234 e. The Morgan fingerprint density at radius 1 is 1.40 bits per heavy atom. The van der Waals surface area contributed by atoms with Crippen LogP contribution >= 0.6 is 0 Å². The summed E-state index contributed by atoms with van der Waals surface area (Å²) >= 11 is 0. The zero-order valence-corrected chi connectivity index (χ0v) is 9.29. The number of aryl methyl sites for hydroxylation is 1. The van der Waals surface area contributed by atoms with Crippen molar-refractivity contribution in [2.75, 3.05) is 0 Å². The van der Waals surface area contributed by atoms with E-state index >= 15 is 0 Å². The molecule has 0 heterocycles. The molecule has 3 N–H and O–H groups in total. The lowest BCUT2D eigenvalue weighted by Gasteiger charge is -2.12. The minimum absolute atomic E-state index is 0.647. The standard InChI is InChI=1S/C10H14N2O2S/c1-3-10(15(13,14)12-11)9-6-4-8(2)5-7-9/h3-7,10,12H,1,11H2,2H3. The summed E-state index contributed by atoms with van der Waals surface area (Å²) in [6, 6.07) is 7.18. The van der Waals surface area contributed by atoms with E-state index in [1.54, 1.807) is 17.0 Å². The van der Waals surface area contributed by atoms with E-state index in [4.69, 9.17) is 5.84 Å². The van der Waals surface area contributed by atoms with Gasteiger partial charge in [-0.15, -0.1) is 6.58 Å². The molecule has 82 valence electrons. The molecule has 0 aliphatic rings. The fourth-order valence-corrected chi connectivity index (χ4v) is 2.19. The van der Waals surface area contributed by atoms with E-state index in [0.717, 1.165) is 5.56 Å². The summed E-state index contributed by atoms with van der Waals surface area (Å²) in [5.41, 5.74) is 1.72. The molecule has 0 bridgehead atoms. The molecule has 1 aromatic rings. The van der Waals surface area contributed by atoms with Crippen molar-refractivity contribution in [1.29, 1.82) is 0 Å². The number of hydrogen-bond acceptors (Lipinski definition) is 3. The summed E-state index contributed by atoms with van der Waals surface area (Å²) in [6.07, 6.45) is 1.35. The fourth-order valence-electron chi connectivity index (χ4n) is 1.27. The number of benzene rings is 1. The van der Waals surface area contributed by atoms with E-state index in [9.17, 15) is 8.42 Å². The third-order valence-electron chi connectivity index (χ3n) is 2.12. The van der Waals surface area contributed by atoms with E-state index in [2.05, 4.69) is 6.58 Å². The number of hydrogen-bond donors (Lipinski definition) is 2. The highest BCUT2D eigenvalue weighted by Gasteiger charge is 2.22. The molecule has 0 aliphatic carbocycles. The number of nitrogens with two attached hydrogens (primary N) is 1. The SMILES string of the molecule is C=CC(c1ccc(C)cc1)S(=O)(=O)NN. The summed E-state index contributed by atoms with van der Waals surface area (Å²) in [4.78, 5) is 1.81. The summed E-state index contributed by atoms with van der Waals surface area (Å²) < 4.78 is 23.0. The lowest BCUT2D eigenvalue weighted by molar-refractivity contribution is 0.578. The second kappa shape index (κ2) is 4.57. The van der Waals surface area contributed by atoms with Crippen LogP contribution < -0.4 is 10.7 Å². The molecule has 0 amide bonds. The number of sulfonamides is 1. The molecule has 0 fully saturated rings. The normalized spacial score (nSPS) is 13.5. The Balaban J connectivity index is 3.14. The van der Waals surface area contributed by atoms with Gasteiger partial charge in [0, 0.05) is 0 Å². The molecule has 0 saturated carbocycles. The molecule has 1 aromatic carbocycles. The van der Waals surface area contributed by atoms with Gasteiger partial charge in [-0.25, -0.2) is 8.42 Å². The van der Waals surface area contributed by atoms with Crippen LogP contribution in [0.3, 0.4) is 0 Å². The third-order valence-corrected chi connectivity index (χ3v) is 3.58. The lowest BCUT2D eigenvalue weighted by Crippen LogP contribution is -2.33. The zero-order valence-electron chi connectivity index (χ0n) is 8.47. The Labute approximate surface area is 89.8 Å². The number of hydrazine groups is 1. The van der Waals surface area contributed by atoms with Gasteiger partial charge in [0.25, 0.3) is 0 Å². The van der Waals surface area contributed by atoms with Gasteiger partial charge in [-0.3, -0.25) is 5.84 Å². The van der Waals surface area contributed by atoms with Crippen LogP contribution in [0, 0.1) is 6.92 Å². The average Bonchev–Trinajstić information content (AvgIpc) is 2.22. The molecule has 0 spiro atoms. The van der Waals surface area contributed by atoms with Crippen LogP contribution in [-0.4, -0.2) is 8.42 Å². The fraction of sp³-hybridized carbons (Fsp3) is 0.200. The van der Waals surface area contributed by atoms with Crippen molar-refractivity contribution in [2.24, 2.45) is 5.84 Å². The largest absolute Gasteiger partial charge is 0.258 e. The number of rotatable bonds is 4. The van der Waals surface area contributed by atoms with Crippen molar-refractivity contribution < 1.29 is 8.42 Å². The predicted octanol–water partition coefficient (Wildman–Crippen LogP) is 1.02. The molecular formula is C10H14N2O2S. The van der Waals surface area contributed by atoms with E-state index in [0.29, 0.717) is 5.56 Å². The molecule has 15 heavy (non-hydrogen) atoms. The van der Waals surface area contributed by atoms with Crippen LogP contribution in [0.5, 0.6) is 0 Å². The van der Waals surface area contributed by atoms with Crippen molar-refractivity contribution in [2.45, 2.75) is 12.2 Å². The van der Waals surface area contributed by atoms with E-state index in [1.807, 2.05) is 19.1 Å². The second-order valence-corrected chi connectivity index (χ2v) is 5.06. The van der Waals surface area contributed by atoms with Gasteiger partial charge in [0.05, 0.1) is 0 Å². The van der Waals surface area contributed by atoms with E-state index < -0.39 is 15.3 Å². The van der Waals surface area contributed by atoms with Crippen molar-refractivity contribution in [3.8, 4) is 0 Å². The number of nitrogens with one attached hydrogen (secondary N) is 1. The molecule has 4 nitrogen and oxygen atoms in total. The van der Waals surface area contributed by atoms with Gasteiger partial charge >= 0.3 is 0 Å². The quantitative estimate of drug-likeness (QED) is 0.457. The minimum atomic E-state index is -3.57. The molecule has 1 rings (SSSR count). The van der Waals surface area contributed by atoms with Crippen molar-refractivity contribution >= 4 is 10.0 Å². The summed E-state index contributed by atoms with van der Waals surface area (Å²) in [7, 11) is -3.57. The summed E-state index contributed by atoms with van der Waals surface area (Å²) in [5, 5.41) is -0.817. The molecule has 0 saturated heterocycles. The Hall–Kier alpha value is -1.17. The first-order chi connectivity index (χ1) is 7.01. The third kappa shape index (κ3) is 2.65. The first kappa shape index (κ1) is 11.9. The van der Waals surface area contributed by atoms with Crippen LogP contribution in [0.25, 0.3) is 0 Å². The van der Waals surface area contributed by atoms with Crippen molar-refractivity contribution in [3.05, 3.63) is 48.0 Å². The van der Waals surface area contributed by atoms with Gasteiger partial charge in [-0.05, 0) is 12.5 Å². The van der Waals surface area contributed by atoms with E-state index in [1.165, 1.54) is 6.08 Å². The Morgan fingerprint density at radius 2 is 1.93 bits per heavy atom. The van der Waals surface area contributed by atoms with Gasteiger partial charge in [0.1, 0.15) is 5.25 Å². The van der Waals surface area contributed by atoms with Gasteiger partial charge in [-0.2, -0.15) is 4.83 Å². The van der Waals surface area contributed by atoms with E-state index in [-0.39, 0.29) is 0 Å². The molecule has 0 aromatic heterocycles. The predicted molar refractivity (Wildman–Crippen MR) is 60.4 cm³/mol. The second-order valence-electron chi connectivity index (χ2n) is 3.23. The van der Waals surface area contributed by atoms with Crippen LogP contribution in [0.15, 0.2) is 36.9 Å². The highest BCUT2D eigenvalue weighted by atomic mass is 32.2. The minimum Gasteiger partial charge on any atom is -0.258 e. The Kier molecular flexibility index (Phi) is 3.62. The summed E-state index contributed by atoms with van der Waals surface area (Å²) in [5.74, 6) is 4.96. The monoisotopic (exact) mass is 226 g/mol.